The van der Waals surface area contributed by atoms with Crippen molar-refractivity contribution in [3.8, 4) is 11.5 Å². The number of hydrogen-bond acceptors (Lipinski definition) is 7. The third-order valence-electron chi connectivity index (χ3n) is 7.48. The van der Waals surface area contributed by atoms with Gasteiger partial charge >= 0.3 is 0 Å². The molecule has 1 atom stereocenters. The van der Waals surface area contributed by atoms with Crippen molar-refractivity contribution < 1.29 is 28.6 Å². The number of methoxy groups -OCH3 is 2. The molecule has 0 saturated carbocycles. The molecule has 0 unspecified atom stereocenters. The summed E-state index contributed by atoms with van der Waals surface area (Å²) in [5.41, 5.74) is 0.883. The van der Waals surface area contributed by atoms with Crippen LogP contribution >= 0.6 is 0 Å². The van der Waals surface area contributed by atoms with Crippen molar-refractivity contribution in [3.05, 3.63) is 59.2 Å². The maximum Gasteiger partial charge on any atom is 0.257 e. The van der Waals surface area contributed by atoms with Crippen molar-refractivity contribution in [1.29, 1.82) is 0 Å². The van der Waals surface area contributed by atoms with E-state index in [1.165, 1.54) is 7.11 Å². The molecule has 3 amide bonds. The number of piperidine rings is 1. The standard InChI is InChI=1S/C29H38N4O6/c1-20-8-6-7-9-22(20)28(36)33-23(26(34)30-14-17-31(2)3)19-39-29(33)12-15-32(16-13-29)27(35)21-10-11-24(37-4)25(18-21)38-5/h6-11,18,23H,12-17,19H2,1-5H3,(H,30,34)/t23-/m1/s1. The molecule has 4 rings (SSSR count). The van der Waals surface area contributed by atoms with Crippen molar-refractivity contribution in [3.63, 3.8) is 0 Å². The van der Waals surface area contributed by atoms with E-state index < -0.39 is 11.8 Å². The van der Waals surface area contributed by atoms with Gasteiger partial charge in [-0.15, -0.1) is 0 Å². The number of ether oxygens (including phenoxy) is 3. The number of nitrogens with zero attached hydrogens (tertiary/aromatic N) is 3. The third kappa shape index (κ3) is 5.86. The normalized spacial score (nSPS) is 18.4. The minimum absolute atomic E-state index is 0.106. The van der Waals surface area contributed by atoms with E-state index in [9.17, 15) is 14.4 Å². The molecule has 2 aliphatic rings. The molecule has 2 aliphatic heterocycles. The lowest BCUT2D eigenvalue weighted by Crippen LogP contribution is -2.60. The Hall–Kier alpha value is -3.63. The van der Waals surface area contributed by atoms with Crippen LogP contribution in [0.15, 0.2) is 42.5 Å². The second-order valence-electron chi connectivity index (χ2n) is 10.2. The van der Waals surface area contributed by atoms with Gasteiger partial charge in [0.2, 0.25) is 5.91 Å². The zero-order valence-electron chi connectivity index (χ0n) is 23.4. The van der Waals surface area contributed by atoms with Gasteiger partial charge in [-0.05, 0) is 50.8 Å². The van der Waals surface area contributed by atoms with Gasteiger partial charge in [0.25, 0.3) is 11.8 Å². The Morgan fingerprint density at radius 2 is 1.72 bits per heavy atom. The maximum absolute atomic E-state index is 14.0. The van der Waals surface area contributed by atoms with Crippen LogP contribution < -0.4 is 14.8 Å². The van der Waals surface area contributed by atoms with Crippen molar-refractivity contribution in [2.75, 3.05) is 61.1 Å². The summed E-state index contributed by atoms with van der Waals surface area (Å²) in [5, 5.41) is 2.96. The van der Waals surface area contributed by atoms with Crippen molar-refractivity contribution in [1.82, 2.24) is 20.0 Å². The molecule has 2 aromatic carbocycles. The summed E-state index contributed by atoms with van der Waals surface area (Å²) in [7, 11) is 6.95. The van der Waals surface area contributed by atoms with E-state index in [0.29, 0.717) is 61.6 Å². The van der Waals surface area contributed by atoms with Crippen LogP contribution in [-0.2, 0) is 9.53 Å². The molecule has 1 N–H and O–H groups in total. The Balaban J connectivity index is 1.55. The number of aryl methyl sites for hydroxylation is 1. The minimum atomic E-state index is -0.975. The molecule has 39 heavy (non-hydrogen) atoms. The van der Waals surface area contributed by atoms with E-state index in [1.807, 2.05) is 44.1 Å². The lowest BCUT2D eigenvalue weighted by Gasteiger charge is -2.44. The van der Waals surface area contributed by atoms with E-state index in [4.69, 9.17) is 14.2 Å². The van der Waals surface area contributed by atoms with Gasteiger partial charge in [-0.3, -0.25) is 19.3 Å². The van der Waals surface area contributed by atoms with E-state index in [2.05, 4.69) is 5.32 Å². The second-order valence-corrected chi connectivity index (χ2v) is 10.2. The van der Waals surface area contributed by atoms with Crippen LogP contribution in [0.3, 0.4) is 0 Å². The first-order valence-electron chi connectivity index (χ1n) is 13.2. The number of likely N-dealkylation sites (tertiary alicyclic amines) is 1. The van der Waals surface area contributed by atoms with Gasteiger partial charge in [-0.2, -0.15) is 0 Å². The van der Waals surface area contributed by atoms with Crippen LogP contribution in [-0.4, -0.2) is 105 Å². The summed E-state index contributed by atoms with van der Waals surface area (Å²) in [6, 6.07) is 11.7. The summed E-state index contributed by atoms with van der Waals surface area (Å²) < 4.78 is 16.9. The van der Waals surface area contributed by atoms with E-state index >= 15 is 0 Å². The molecule has 210 valence electrons. The quantitative estimate of drug-likeness (QED) is 0.550. The van der Waals surface area contributed by atoms with Gasteiger partial charge in [0.1, 0.15) is 11.8 Å². The van der Waals surface area contributed by atoms with Gasteiger partial charge in [-0.1, -0.05) is 18.2 Å². The number of carbonyl (C=O) groups excluding carboxylic acids is 3. The summed E-state index contributed by atoms with van der Waals surface area (Å²) in [5.74, 6) is 0.413. The van der Waals surface area contributed by atoms with E-state index in [1.54, 1.807) is 41.2 Å². The lowest BCUT2D eigenvalue weighted by molar-refractivity contribution is -0.128. The van der Waals surface area contributed by atoms with Gasteiger partial charge < -0.3 is 29.3 Å². The average Bonchev–Trinajstić information content (AvgIpc) is 3.30. The molecule has 2 heterocycles. The first kappa shape index (κ1) is 28.4. The molecular weight excluding hydrogens is 500 g/mol. The number of hydrogen-bond donors (Lipinski definition) is 1. The maximum atomic E-state index is 14.0. The van der Waals surface area contributed by atoms with Crippen molar-refractivity contribution in [2.24, 2.45) is 0 Å². The topological polar surface area (TPSA) is 101 Å². The predicted molar refractivity (Wildman–Crippen MR) is 146 cm³/mol. The van der Waals surface area contributed by atoms with Gasteiger partial charge in [0, 0.05) is 50.1 Å². The zero-order chi connectivity index (χ0) is 28.2. The summed E-state index contributed by atoms with van der Waals surface area (Å²) in [6.07, 6.45) is 0.788. The van der Waals surface area contributed by atoms with Crippen LogP contribution in [0.5, 0.6) is 11.5 Å². The van der Waals surface area contributed by atoms with Crippen molar-refractivity contribution in [2.45, 2.75) is 31.5 Å². The minimum Gasteiger partial charge on any atom is -0.493 e. The van der Waals surface area contributed by atoms with Gasteiger partial charge in [0.05, 0.1) is 20.8 Å². The molecule has 0 bridgehead atoms. The monoisotopic (exact) mass is 538 g/mol. The van der Waals surface area contributed by atoms with Gasteiger partial charge in [-0.25, -0.2) is 0 Å². The lowest BCUT2D eigenvalue weighted by atomic mass is 9.95. The fourth-order valence-corrected chi connectivity index (χ4v) is 5.24. The highest BCUT2D eigenvalue weighted by Crippen LogP contribution is 2.39. The Bertz CT molecular complexity index is 1210. The van der Waals surface area contributed by atoms with Crippen LogP contribution in [0, 0.1) is 6.92 Å². The fraction of sp³-hybridized carbons (Fsp3) is 0.483. The van der Waals surface area contributed by atoms with Crippen LogP contribution in [0.1, 0.15) is 39.1 Å². The molecule has 2 fully saturated rings. The number of rotatable bonds is 8. The Kier molecular flexibility index (Phi) is 8.76. The largest absolute Gasteiger partial charge is 0.493 e. The summed E-state index contributed by atoms with van der Waals surface area (Å²) in [4.78, 5) is 45.9. The number of amides is 3. The van der Waals surface area contributed by atoms with Crippen LogP contribution in [0.25, 0.3) is 0 Å². The summed E-state index contributed by atoms with van der Waals surface area (Å²) in [6.45, 7) is 3.89. The highest BCUT2D eigenvalue weighted by atomic mass is 16.5. The molecule has 10 heteroatoms. The van der Waals surface area contributed by atoms with Crippen LogP contribution in [0.4, 0.5) is 0 Å². The highest BCUT2D eigenvalue weighted by molar-refractivity contribution is 5.99. The first-order chi connectivity index (χ1) is 18.7. The molecule has 1 spiro atoms. The van der Waals surface area contributed by atoms with Gasteiger partial charge in [0.15, 0.2) is 11.5 Å². The van der Waals surface area contributed by atoms with E-state index in [-0.39, 0.29) is 24.3 Å². The Morgan fingerprint density at radius 1 is 1.03 bits per heavy atom. The van der Waals surface area contributed by atoms with Crippen molar-refractivity contribution >= 4 is 17.7 Å². The molecule has 0 radical (unpaired) electrons. The first-order valence-corrected chi connectivity index (χ1v) is 13.2. The average molecular weight is 539 g/mol. The molecular formula is C29H38N4O6. The number of benzene rings is 2. The smallest absolute Gasteiger partial charge is 0.257 e. The SMILES string of the molecule is COc1ccc(C(=O)N2CCC3(CC2)OC[C@H](C(=O)NCCN(C)C)N3C(=O)c2ccccc2C)cc1OC. The second kappa shape index (κ2) is 12.0. The van der Waals surface area contributed by atoms with Crippen LogP contribution in [0.2, 0.25) is 0 Å². The molecule has 2 saturated heterocycles. The zero-order valence-corrected chi connectivity index (χ0v) is 23.4. The van der Waals surface area contributed by atoms with E-state index in [0.717, 1.165) is 5.56 Å². The Labute approximate surface area is 229 Å². The molecule has 2 aromatic rings. The fourth-order valence-electron chi connectivity index (χ4n) is 5.24. The number of nitrogens with one attached hydrogen (secondary N) is 1. The molecule has 0 aromatic heterocycles. The third-order valence-corrected chi connectivity index (χ3v) is 7.48. The number of likely N-dealkylation sites (N-methyl/N-ethyl adjacent to an activating group) is 1. The molecule has 0 aliphatic carbocycles. The number of carbonyl (C=O) groups is 3. The summed E-state index contributed by atoms with van der Waals surface area (Å²) >= 11 is 0. The Morgan fingerprint density at radius 3 is 2.36 bits per heavy atom. The predicted octanol–water partition coefficient (Wildman–Crippen LogP) is 2.16. The molecule has 10 nitrogen and oxygen atoms in total. The highest BCUT2D eigenvalue weighted by Gasteiger charge is 2.54.